The maximum Gasteiger partial charge on any atom is 0.234 e. The molecule has 4 aromatic heterocycles. The third kappa shape index (κ3) is 5.21. The number of nitrogens with one attached hydrogen (secondary N) is 1. The van der Waals surface area contributed by atoms with Gasteiger partial charge in [0.2, 0.25) is 5.82 Å². The molecule has 46 heavy (non-hydrogen) atoms. The van der Waals surface area contributed by atoms with E-state index >= 15 is 0 Å². The molecule has 2 aromatic carbocycles. The van der Waals surface area contributed by atoms with E-state index in [2.05, 4.69) is 66.1 Å². The zero-order valence-electron chi connectivity index (χ0n) is 25.2. The number of aromatic nitrogens is 6. The van der Waals surface area contributed by atoms with E-state index in [1.165, 1.54) is 18.4 Å². The number of piperidine rings is 1. The first-order valence-corrected chi connectivity index (χ1v) is 15.6. The maximum absolute atomic E-state index is 9.18. The fourth-order valence-corrected chi connectivity index (χ4v) is 7.12. The molecule has 1 aliphatic heterocycles. The van der Waals surface area contributed by atoms with Crippen molar-refractivity contribution in [1.82, 2.24) is 34.4 Å². The van der Waals surface area contributed by atoms with Gasteiger partial charge in [0.05, 0.1) is 11.3 Å². The van der Waals surface area contributed by atoms with Crippen LogP contribution in [0.15, 0.2) is 97.3 Å². The molecule has 10 nitrogen and oxygen atoms in total. The molecule has 0 spiro atoms. The van der Waals surface area contributed by atoms with Gasteiger partial charge in [-0.15, -0.1) is 0 Å². The highest BCUT2D eigenvalue weighted by Crippen LogP contribution is 2.39. The number of pyridine rings is 2. The number of likely N-dealkylation sites (tertiary alicyclic amines) is 1. The second-order valence-electron chi connectivity index (χ2n) is 12.1. The van der Waals surface area contributed by atoms with Gasteiger partial charge in [-0.3, -0.25) is 9.47 Å². The molecule has 2 fully saturated rings. The van der Waals surface area contributed by atoms with Crippen molar-refractivity contribution >= 4 is 22.8 Å². The molecule has 1 aliphatic carbocycles. The molecule has 1 saturated carbocycles. The number of fused-ring (bicyclic) bond motifs is 3. The normalized spacial score (nSPS) is 19.2. The summed E-state index contributed by atoms with van der Waals surface area (Å²) in [5.74, 6) is 3.15. The maximum atomic E-state index is 9.18. The van der Waals surface area contributed by atoms with Crippen LogP contribution >= 0.6 is 0 Å². The summed E-state index contributed by atoms with van der Waals surface area (Å²) in [5.41, 5.74) is 12.8. The number of nitrogens with two attached hydrogens (primary N) is 1. The van der Waals surface area contributed by atoms with E-state index in [9.17, 15) is 5.26 Å². The van der Waals surface area contributed by atoms with E-state index in [1.54, 1.807) is 12.4 Å². The van der Waals surface area contributed by atoms with Gasteiger partial charge in [0.1, 0.15) is 23.2 Å². The Kier molecular flexibility index (Phi) is 7.08. The van der Waals surface area contributed by atoms with Crippen LogP contribution in [0.25, 0.3) is 39.5 Å². The highest BCUT2D eigenvalue weighted by molar-refractivity contribution is 5.84. The lowest BCUT2D eigenvalue weighted by molar-refractivity contribution is 0.148. The molecule has 2 atom stereocenters. The minimum atomic E-state index is 0.199. The standard InChI is InChI=1S/C36H32N10/c37-19-32-39-18-16-31(43-32)44-33-25-10-11-26(33)22-45(21-25)20-23-8-12-27(13-9-23)46-35(28-7-4-17-40-34(28)38)42-30-15-14-29(41-36(30)46)24-5-2-1-3-6-24/h1-9,12-18,25-26,33H,10-11,20-22H2,(H2,38,40)(H,39,43,44). The second kappa shape index (κ2) is 11.7. The Morgan fingerprint density at radius 1 is 0.826 bits per heavy atom. The van der Waals surface area contributed by atoms with Crippen LogP contribution in [0.5, 0.6) is 0 Å². The van der Waals surface area contributed by atoms with Crippen molar-refractivity contribution in [2.75, 3.05) is 24.1 Å². The van der Waals surface area contributed by atoms with Gasteiger partial charge < -0.3 is 11.1 Å². The van der Waals surface area contributed by atoms with Gasteiger partial charge in [-0.2, -0.15) is 5.26 Å². The first kappa shape index (κ1) is 27.9. The molecule has 0 radical (unpaired) electrons. The molecule has 8 rings (SSSR count). The van der Waals surface area contributed by atoms with Crippen LogP contribution in [-0.2, 0) is 6.54 Å². The molecule has 6 aromatic rings. The predicted molar refractivity (Wildman–Crippen MR) is 178 cm³/mol. The Morgan fingerprint density at radius 2 is 1.63 bits per heavy atom. The van der Waals surface area contributed by atoms with Crippen molar-refractivity contribution in [2.24, 2.45) is 11.8 Å². The molecule has 10 heteroatoms. The van der Waals surface area contributed by atoms with Crippen LogP contribution in [0, 0.1) is 23.2 Å². The van der Waals surface area contributed by atoms with E-state index in [4.69, 9.17) is 15.7 Å². The summed E-state index contributed by atoms with van der Waals surface area (Å²) in [6.45, 7) is 2.93. The van der Waals surface area contributed by atoms with E-state index in [0.717, 1.165) is 59.1 Å². The summed E-state index contributed by atoms with van der Waals surface area (Å²) in [7, 11) is 0. The van der Waals surface area contributed by atoms with E-state index in [1.807, 2.05) is 54.6 Å². The lowest BCUT2D eigenvalue weighted by Crippen LogP contribution is -2.47. The lowest BCUT2D eigenvalue weighted by Gasteiger charge is -2.38. The molecule has 226 valence electrons. The lowest BCUT2D eigenvalue weighted by atomic mass is 9.91. The fraction of sp³-hybridized carbons (Fsp3) is 0.222. The molecular weight excluding hydrogens is 572 g/mol. The largest absolute Gasteiger partial charge is 0.383 e. The van der Waals surface area contributed by atoms with Crippen LogP contribution in [0.4, 0.5) is 11.6 Å². The molecule has 0 amide bonds. The number of rotatable bonds is 7. The molecule has 5 heterocycles. The first-order chi connectivity index (χ1) is 22.6. The second-order valence-corrected chi connectivity index (χ2v) is 12.1. The summed E-state index contributed by atoms with van der Waals surface area (Å²) < 4.78 is 2.08. The summed E-state index contributed by atoms with van der Waals surface area (Å²) in [4.78, 5) is 25.3. The number of benzene rings is 2. The predicted octanol–water partition coefficient (Wildman–Crippen LogP) is 5.72. The zero-order chi connectivity index (χ0) is 31.0. The quantitative estimate of drug-likeness (QED) is 0.235. The zero-order valence-corrected chi connectivity index (χ0v) is 25.2. The van der Waals surface area contributed by atoms with Crippen LogP contribution in [0.3, 0.4) is 0 Å². The third-order valence-electron chi connectivity index (χ3n) is 9.23. The van der Waals surface area contributed by atoms with Gasteiger partial charge in [0.25, 0.3) is 0 Å². The number of anilines is 2. The molecule has 2 unspecified atom stereocenters. The van der Waals surface area contributed by atoms with Crippen molar-refractivity contribution in [3.63, 3.8) is 0 Å². The number of imidazole rings is 1. The van der Waals surface area contributed by atoms with Crippen molar-refractivity contribution in [1.29, 1.82) is 5.26 Å². The summed E-state index contributed by atoms with van der Waals surface area (Å²) in [5, 5.41) is 12.8. The smallest absolute Gasteiger partial charge is 0.234 e. The number of hydrogen-bond donors (Lipinski definition) is 2. The highest BCUT2D eigenvalue weighted by atomic mass is 15.2. The van der Waals surface area contributed by atoms with Crippen molar-refractivity contribution in [2.45, 2.75) is 25.4 Å². The third-order valence-corrected chi connectivity index (χ3v) is 9.23. The molecule has 3 N–H and O–H groups in total. The Bertz CT molecular complexity index is 2050. The Morgan fingerprint density at radius 3 is 2.39 bits per heavy atom. The Labute approximate surface area is 266 Å². The number of nitrogen functional groups attached to an aromatic ring is 1. The summed E-state index contributed by atoms with van der Waals surface area (Å²) in [6, 6.07) is 31.0. The van der Waals surface area contributed by atoms with Gasteiger partial charge in [-0.1, -0.05) is 42.5 Å². The topological polar surface area (TPSA) is 134 Å². The van der Waals surface area contributed by atoms with Gasteiger partial charge in [-0.05, 0) is 72.7 Å². The molecule has 1 saturated heterocycles. The minimum Gasteiger partial charge on any atom is -0.383 e. The van der Waals surface area contributed by atoms with Crippen LogP contribution in [-0.4, -0.2) is 53.5 Å². The van der Waals surface area contributed by atoms with E-state index < -0.39 is 0 Å². The van der Waals surface area contributed by atoms with Gasteiger partial charge in [0.15, 0.2) is 11.5 Å². The molecular formula is C36H32N10. The fourth-order valence-electron chi connectivity index (χ4n) is 7.12. The van der Waals surface area contributed by atoms with E-state index in [-0.39, 0.29) is 5.82 Å². The average molecular weight is 605 g/mol. The SMILES string of the molecule is N#Cc1nccc(NC2C3CCC2CN(Cc2ccc(-n4c(-c5cccnc5N)nc5ccc(-c6ccccc6)nc54)cc2)C3)n1. The van der Waals surface area contributed by atoms with Crippen molar-refractivity contribution in [3.8, 4) is 34.4 Å². The summed E-state index contributed by atoms with van der Waals surface area (Å²) >= 11 is 0. The number of hydrogen-bond acceptors (Lipinski definition) is 9. The Hall–Kier alpha value is -5.66. The van der Waals surface area contributed by atoms with Gasteiger partial charge in [-0.25, -0.2) is 24.9 Å². The average Bonchev–Trinajstić information content (AvgIpc) is 3.58. The van der Waals surface area contributed by atoms with Crippen LogP contribution < -0.4 is 11.1 Å². The van der Waals surface area contributed by atoms with Gasteiger partial charge in [0, 0.05) is 49.3 Å². The number of nitrogens with zero attached hydrogens (tertiary/aromatic N) is 8. The summed E-state index contributed by atoms with van der Waals surface area (Å²) in [6.07, 6.45) is 5.73. The van der Waals surface area contributed by atoms with Crippen LogP contribution in [0.1, 0.15) is 24.2 Å². The first-order valence-electron chi connectivity index (χ1n) is 15.6. The monoisotopic (exact) mass is 604 g/mol. The van der Waals surface area contributed by atoms with Crippen molar-refractivity contribution in [3.05, 3.63) is 109 Å². The Balaban J connectivity index is 1.06. The number of nitriles is 1. The minimum absolute atomic E-state index is 0.199. The van der Waals surface area contributed by atoms with Crippen LogP contribution in [0.2, 0.25) is 0 Å². The van der Waals surface area contributed by atoms with Gasteiger partial charge >= 0.3 is 0 Å². The highest BCUT2D eigenvalue weighted by Gasteiger charge is 2.42. The van der Waals surface area contributed by atoms with E-state index in [0.29, 0.717) is 29.5 Å². The van der Waals surface area contributed by atoms with Crippen molar-refractivity contribution < 1.29 is 0 Å². The molecule has 2 aliphatic rings. The molecule has 2 bridgehead atoms.